The maximum Gasteiger partial charge on any atom is 0.254 e. The Morgan fingerprint density at radius 2 is 1.96 bits per heavy atom. The smallest absolute Gasteiger partial charge is 0.254 e. The fourth-order valence-corrected chi connectivity index (χ4v) is 4.16. The molecule has 1 unspecified atom stereocenters. The number of nitrogens with zero attached hydrogens (tertiary/aromatic N) is 1. The average molecular weight is 394 g/mol. The van der Waals surface area contributed by atoms with Gasteiger partial charge in [0, 0.05) is 29.4 Å². The molecule has 0 bridgehead atoms. The standard InChI is InChI=1S/C23H23NO3S/c1-26-20-9-7-17(8-10-20)19-11-12-24(15-19)23(25)18-4-2-5-21(14-18)27-16-22-6-3-13-28-22/h2-10,13-14,19H,11-12,15-16H2,1H3. The Balaban J connectivity index is 1.39. The van der Waals surface area contributed by atoms with Gasteiger partial charge in [0.05, 0.1) is 7.11 Å². The van der Waals surface area contributed by atoms with Crippen LogP contribution in [0.1, 0.15) is 33.1 Å². The van der Waals surface area contributed by atoms with Crippen LogP contribution < -0.4 is 9.47 Å². The second kappa shape index (κ2) is 8.48. The van der Waals surface area contributed by atoms with Crippen LogP contribution in [0.15, 0.2) is 66.0 Å². The third-order valence-corrected chi connectivity index (χ3v) is 5.95. The van der Waals surface area contributed by atoms with E-state index in [4.69, 9.17) is 9.47 Å². The summed E-state index contributed by atoms with van der Waals surface area (Å²) >= 11 is 1.67. The lowest BCUT2D eigenvalue weighted by Crippen LogP contribution is -2.28. The van der Waals surface area contributed by atoms with Gasteiger partial charge in [0.2, 0.25) is 0 Å². The Kier molecular flexibility index (Phi) is 5.63. The van der Waals surface area contributed by atoms with Crippen molar-refractivity contribution in [2.45, 2.75) is 18.9 Å². The van der Waals surface area contributed by atoms with Crippen LogP contribution in [-0.4, -0.2) is 31.0 Å². The van der Waals surface area contributed by atoms with Crippen molar-refractivity contribution in [2.24, 2.45) is 0 Å². The van der Waals surface area contributed by atoms with E-state index in [-0.39, 0.29) is 5.91 Å². The van der Waals surface area contributed by atoms with Crippen molar-refractivity contribution in [3.63, 3.8) is 0 Å². The van der Waals surface area contributed by atoms with E-state index in [1.165, 1.54) is 10.4 Å². The van der Waals surface area contributed by atoms with E-state index in [0.29, 0.717) is 18.1 Å². The second-order valence-corrected chi connectivity index (χ2v) is 7.94. The molecule has 4 rings (SSSR count). The van der Waals surface area contributed by atoms with Crippen molar-refractivity contribution in [3.05, 3.63) is 82.0 Å². The summed E-state index contributed by atoms with van der Waals surface area (Å²) in [6.45, 7) is 2.04. The van der Waals surface area contributed by atoms with Crippen LogP contribution in [0.25, 0.3) is 0 Å². The van der Waals surface area contributed by atoms with Crippen LogP contribution in [-0.2, 0) is 6.61 Å². The Bertz CT molecular complexity index is 921. The number of likely N-dealkylation sites (tertiary alicyclic amines) is 1. The number of thiophene rings is 1. The van der Waals surface area contributed by atoms with Crippen LogP contribution in [0.3, 0.4) is 0 Å². The molecule has 1 aromatic heterocycles. The van der Waals surface area contributed by atoms with Gasteiger partial charge >= 0.3 is 0 Å². The van der Waals surface area contributed by atoms with Crippen molar-refractivity contribution < 1.29 is 14.3 Å². The number of rotatable bonds is 6. The van der Waals surface area contributed by atoms with Crippen LogP contribution in [0.2, 0.25) is 0 Å². The first-order chi connectivity index (χ1) is 13.7. The molecule has 0 aliphatic carbocycles. The van der Waals surface area contributed by atoms with Crippen molar-refractivity contribution in [2.75, 3.05) is 20.2 Å². The molecule has 144 valence electrons. The number of hydrogen-bond donors (Lipinski definition) is 0. The molecule has 3 aromatic rings. The first-order valence-electron chi connectivity index (χ1n) is 9.41. The molecular formula is C23H23NO3S. The van der Waals surface area contributed by atoms with Gasteiger partial charge in [-0.1, -0.05) is 24.3 Å². The van der Waals surface area contributed by atoms with Gasteiger partial charge in [0.25, 0.3) is 5.91 Å². The lowest BCUT2D eigenvalue weighted by atomic mass is 9.98. The highest BCUT2D eigenvalue weighted by molar-refractivity contribution is 7.09. The number of hydrogen-bond acceptors (Lipinski definition) is 4. The van der Waals surface area contributed by atoms with Crippen LogP contribution in [0.4, 0.5) is 0 Å². The summed E-state index contributed by atoms with van der Waals surface area (Å²) in [7, 11) is 1.67. The average Bonchev–Trinajstić information content (AvgIpc) is 3.44. The topological polar surface area (TPSA) is 38.8 Å². The first-order valence-corrected chi connectivity index (χ1v) is 10.3. The molecule has 0 spiro atoms. The van der Waals surface area contributed by atoms with Gasteiger partial charge in [-0.3, -0.25) is 4.79 Å². The van der Waals surface area contributed by atoms with Crippen molar-refractivity contribution in [1.82, 2.24) is 4.90 Å². The summed E-state index contributed by atoms with van der Waals surface area (Å²) in [5, 5.41) is 2.03. The minimum Gasteiger partial charge on any atom is -0.497 e. The molecule has 0 radical (unpaired) electrons. The fraction of sp³-hybridized carbons (Fsp3) is 0.261. The maximum absolute atomic E-state index is 13.0. The molecule has 4 nitrogen and oxygen atoms in total. The fourth-order valence-electron chi connectivity index (χ4n) is 3.54. The largest absolute Gasteiger partial charge is 0.497 e. The highest BCUT2D eigenvalue weighted by Gasteiger charge is 2.28. The molecule has 1 atom stereocenters. The summed E-state index contributed by atoms with van der Waals surface area (Å²) in [6, 6.07) is 19.7. The van der Waals surface area contributed by atoms with Crippen molar-refractivity contribution in [1.29, 1.82) is 0 Å². The number of amides is 1. The van der Waals surface area contributed by atoms with E-state index in [2.05, 4.69) is 12.1 Å². The summed E-state index contributed by atoms with van der Waals surface area (Å²) in [5.41, 5.74) is 1.93. The molecule has 0 N–H and O–H groups in total. The number of carbonyl (C=O) groups excluding carboxylic acids is 1. The van der Waals surface area contributed by atoms with Gasteiger partial charge in [-0.25, -0.2) is 0 Å². The molecule has 2 heterocycles. The predicted octanol–water partition coefficient (Wildman–Crippen LogP) is 4.97. The zero-order valence-corrected chi connectivity index (χ0v) is 16.7. The number of methoxy groups -OCH3 is 1. The molecule has 1 aliphatic rings. The van der Waals surface area contributed by atoms with Gasteiger partial charge in [-0.05, 0) is 53.8 Å². The molecule has 28 heavy (non-hydrogen) atoms. The van der Waals surface area contributed by atoms with Crippen molar-refractivity contribution in [3.8, 4) is 11.5 Å². The van der Waals surface area contributed by atoms with Gasteiger partial charge in [-0.2, -0.15) is 0 Å². The van der Waals surface area contributed by atoms with E-state index < -0.39 is 0 Å². The van der Waals surface area contributed by atoms with Gasteiger partial charge < -0.3 is 14.4 Å². The third-order valence-electron chi connectivity index (χ3n) is 5.10. The highest BCUT2D eigenvalue weighted by Crippen LogP contribution is 2.29. The zero-order chi connectivity index (χ0) is 19.3. The lowest BCUT2D eigenvalue weighted by Gasteiger charge is -2.17. The normalized spacial score (nSPS) is 16.2. The molecule has 1 aliphatic heterocycles. The Morgan fingerprint density at radius 1 is 1.11 bits per heavy atom. The molecule has 2 aromatic carbocycles. The minimum atomic E-state index is 0.0672. The third kappa shape index (κ3) is 4.20. The summed E-state index contributed by atoms with van der Waals surface area (Å²) in [6.07, 6.45) is 0.979. The van der Waals surface area contributed by atoms with Gasteiger partial charge in [0.15, 0.2) is 0 Å². The predicted molar refractivity (Wildman–Crippen MR) is 111 cm³/mol. The Morgan fingerprint density at radius 3 is 2.71 bits per heavy atom. The van der Waals surface area contributed by atoms with E-state index in [0.717, 1.165) is 31.0 Å². The second-order valence-electron chi connectivity index (χ2n) is 6.91. The number of benzene rings is 2. The first kappa shape index (κ1) is 18.6. The molecule has 1 fully saturated rings. The van der Waals surface area contributed by atoms with E-state index >= 15 is 0 Å². The lowest BCUT2D eigenvalue weighted by molar-refractivity contribution is 0.0790. The molecule has 1 amide bonds. The van der Waals surface area contributed by atoms with E-state index in [9.17, 15) is 4.79 Å². The zero-order valence-electron chi connectivity index (χ0n) is 15.8. The molecule has 5 heteroatoms. The Hall–Kier alpha value is -2.79. The van der Waals surface area contributed by atoms with E-state index in [1.807, 2.05) is 58.8 Å². The highest BCUT2D eigenvalue weighted by atomic mass is 32.1. The van der Waals surface area contributed by atoms with Crippen LogP contribution >= 0.6 is 11.3 Å². The quantitative estimate of drug-likeness (QED) is 0.594. The SMILES string of the molecule is COc1ccc(C2CCN(C(=O)c3cccc(OCc4cccs4)c3)C2)cc1. The minimum absolute atomic E-state index is 0.0672. The summed E-state index contributed by atoms with van der Waals surface area (Å²) < 4.78 is 11.1. The van der Waals surface area contributed by atoms with Crippen molar-refractivity contribution >= 4 is 17.2 Å². The summed E-state index contributed by atoms with van der Waals surface area (Å²) in [5.74, 6) is 2.02. The van der Waals surface area contributed by atoms with Gasteiger partial charge in [-0.15, -0.1) is 11.3 Å². The van der Waals surface area contributed by atoms with Crippen LogP contribution in [0.5, 0.6) is 11.5 Å². The Labute approximate surface area is 169 Å². The molecule has 1 saturated heterocycles. The number of ether oxygens (including phenoxy) is 2. The van der Waals surface area contributed by atoms with E-state index in [1.54, 1.807) is 18.4 Å². The molecular weight excluding hydrogens is 370 g/mol. The van der Waals surface area contributed by atoms with Gasteiger partial charge in [0.1, 0.15) is 18.1 Å². The monoisotopic (exact) mass is 393 g/mol. The molecule has 0 saturated carbocycles. The summed E-state index contributed by atoms with van der Waals surface area (Å²) in [4.78, 5) is 16.1. The van der Waals surface area contributed by atoms with Crippen LogP contribution in [0, 0.1) is 0 Å². The number of carbonyl (C=O) groups is 1. The maximum atomic E-state index is 13.0.